The largest absolute Gasteiger partial charge is 0.454 e. The van der Waals surface area contributed by atoms with Crippen LogP contribution in [0.4, 0.5) is 17.2 Å². The van der Waals surface area contributed by atoms with Crippen LogP contribution < -0.4 is 31.1 Å². The average Bonchev–Trinajstić information content (AvgIpc) is 3.62. The number of hydrogen-bond acceptors (Lipinski definition) is 8. The quantitative estimate of drug-likeness (QED) is 0.322. The van der Waals surface area contributed by atoms with Crippen molar-refractivity contribution in [2.45, 2.75) is 32.0 Å². The van der Waals surface area contributed by atoms with Crippen LogP contribution in [0.25, 0.3) is 10.9 Å². The number of anilines is 3. The van der Waals surface area contributed by atoms with Crippen molar-refractivity contribution >= 4 is 39.7 Å². The molecular weight excluding hydrogens is 516 g/mol. The van der Waals surface area contributed by atoms with E-state index in [9.17, 15) is 4.79 Å². The summed E-state index contributed by atoms with van der Waals surface area (Å²) >= 11 is 6.41. The highest BCUT2D eigenvalue weighted by atomic mass is 35.5. The lowest BCUT2D eigenvalue weighted by atomic mass is 10.0. The number of halogens is 1. The Morgan fingerprint density at radius 1 is 1.00 bits per heavy atom. The summed E-state index contributed by atoms with van der Waals surface area (Å²) in [5.41, 5.74) is 4.85. The van der Waals surface area contributed by atoms with Crippen molar-refractivity contribution in [3.63, 3.8) is 0 Å². The SMILES string of the molecule is O=c1nc(NC2CCN(Cc3ccc4c(c3)OCO4)CC2)c2cc(Cl)ccc2n1Cc1cccc2c1NCN2. The van der Waals surface area contributed by atoms with Crippen LogP contribution in [0.15, 0.2) is 59.4 Å². The Kier molecular flexibility index (Phi) is 6.17. The molecule has 200 valence electrons. The smallest absolute Gasteiger partial charge is 0.350 e. The van der Waals surface area contributed by atoms with Crippen molar-refractivity contribution in [2.24, 2.45) is 0 Å². The predicted molar refractivity (Wildman–Crippen MR) is 153 cm³/mol. The van der Waals surface area contributed by atoms with E-state index in [2.05, 4.69) is 38.0 Å². The van der Waals surface area contributed by atoms with Gasteiger partial charge in [-0.15, -0.1) is 0 Å². The van der Waals surface area contributed by atoms with Crippen LogP contribution in [-0.2, 0) is 13.1 Å². The number of aromatic nitrogens is 2. The number of likely N-dealkylation sites (tertiary alicyclic amines) is 1. The minimum Gasteiger partial charge on any atom is -0.454 e. The minimum atomic E-state index is -0.281. The molecule has 10 heteroatoms. The Morgan fingerprint density at radius 3 is 2.77 bits per heavy atom. The fourth-order valence-corrected chi connectivity index (χ4v) is 5.90. The second-order valence-corrected chi connectivity index (χ2v) is 10.7. The van der Waals surface area contributed by atoms with E-state index >= 15 is 0 Å². The number of fused-ring (bicyclic) bond motifs is 3. The van der Waals surface area contributed by atoms with Gasteiger partial charge in [-0.25, -0.2) is 4.79 Å². The first kappa shape index (κ1) is 24.1. The van der Waals surface area contributed by atoms with Gasteiger partial charge in [0.2, 0.25) is 6.79 Å². The zero-order valence-electron chi connectivity index (χ0n) is 21.4. The Bertz CT molecular complexity index is 1620. The lowest BCUT2D eigenvalue weighted by Crippen LogP contribution is -2.39. The van der Waals surface area contributed by atoms with E-state index in [1.165, 1.54) is 5.56 Å². The molecule has 0 bridgehead atoms. The van der Waals surface area contributed by atoms with Crippen LogP contribution in [0, 0.1) is 0 Å². The molecule has 0 radical (unpaired) electrons. The number of nitrogens with zero attached hydrogens (tertiary/aromatic N) is 3. The van der Waals surface area contributed by atoms with E-state index in [1.54, 1.807) is 4.57 Å². The number of para-hydroxylation sites is 1. The van der Waals surface area contributed by atoms with Gasteiger partial charge in [0, 0.05) is 36.1 Å². The van der Waals surface area contributed by atoms with Gasteiger partial charge in [0.25, 0.3) is 0 Å². The Morgan fingerprint density at radius 2 is 1.87 bits per heavy atom. The normalized spacial score (nSPS) is 16.6. The molecule has 39 heavy (non-hydrogen) atoms. The standard InChI is InChI=1S/C29H29ClN6O3/c30-20-5-6-24-22(13-20)28(34-29(37)36(24)15-19-2-1-3-23-27(19)32-16-31-23)33-21-8-10-35(11-9-21)14-18-4-7-25-26(12-18)39-17-38-25/h1-7,12-13,21,31-32H,8-11,14-17H2,(H,33,34,37). The second-order valence-electron chi connectivity index (χ2n) is 10.2. The Hall–Kier alpha value is -3.95. The molecule has 1 saturated heterocycles. The van der Waals surface area contributed by atoms with Crippen LogP contribution in [0.2, 0.25) is 5.02 Å². The first-order chi connectivity index (χ1) is 19.1. The first-order valence-electron chi connectivity index (χ1n) is 13.3. The van der Waals surface area contributed by atoms with E-state index in [1.807, 2.05) is 42.5 Å². The van der Waals surface area contributed by atoms with Gasteiger partial charge in [0.1, 0.15) is 5.82 Å². The molecule has 3 aliphatic rings. The lowest BCUT2D eigenvalue weighted by Gasteiger charge is -2.33. The molecule has 0 atom stereocenters. The summed E-state index contributed by atoms with van der Waals surface area (Å²) in [5.74, 6) is 2.23. The summed E-state index contributed by atoms with van der Waals surface area (Å²) in [6.07, 6.45) is 1.90. The molecule has 4 aromatic rings. The molecule has 3 aromatic carbocycles. The molecule has 1 aromatic heterocycles. The summed E-state index contributed by atoms with van der Waals surface area (Å²) in [5, 5.41) is 11.7. The van der Waals surface area contributed by atoms with Gasteiger partial charge in [-0.05, 0) is 60.4 Å². The van der Waals surface area contributed by atoms with Crippen LogP contribution in [0.3, 0.4) is 0 Å². The molecule has 0 saturated carbocycles. The van der Waals surface area contributed by atoms with Crippen molar-refractivity contribution in [3.05, 3.63) is 81.2 Å². The molecule has 0 amide bonds. The third kappa shape index (κ3) is 4.72. The van der Waals surface area contributed by atoms with E-state index in [-0.39, 0.29) is 18.5 Å². The van der Waals surface area contributed by atoms with Gasteiger partial charge in [-0.1, -0.05) is 29.8 Å². The molecule has 1 fully saturated rings. The lowest BCUT2D eigenvalue weighted by molar-refractivity contribution is 0.173. The van der Waals surface area contributed by atoms with Crippen LogP contribution in [0.1, 0.15) is 24.0 Å². The van der Waals surface area contributed by atoms with Gasteiger partial charge in [0.05, 0.1) is 30.1 Å². The number of ether oxygens (including phenoxy) is 2. The summed E-state index contributed by atoms with van der Waals surface area (Å²) in [7, 11) is 0. The first-order valence-corrected chi connectivity index (χ1v) is 13.7. The van der Waals surface area contributed by atoms with E-state index in [0.29, 0.717) is 24.1 Å². The summed E-state index contributed by atoms with van der Waals surface area (Å²) < 4.78 is 12.7. The van der Waals surface area contributed by atoms with Crippen molar-refractivity contribution < 1.29 is 9.47 Å². The number of hydrogen-bond donors (Lipinski definition) is 3. The zero-order valence-corrected chi connectivity index (χ0v) is 22.1. The van der Waals surface area contributed by atoms with Gasteiger partial charge in [0.15, 0.2) is 11.5 Å². The monoisotopic (exact) mass is 544 g/mol. The fraction of sp³-hybridized carbons (Fsp3) is 0.310. The van der Waals surface area contributed by atoms with Gasteiger partial charge >= 0.3 is 5.69 Å². The number of piperidine rings is 1. The molecule has 0 spiro atoms. The van der Waals surface area contributed by atoms with Crippen molar-refractivity contribution in [1.82, 2.24) is 14.5 Å². The maximum atomic E-state index is 13.3. The highest BCUT2D eigenvalue weighted by molar-refractivity contribution is 6.31. The van der Waals surface area contributed by atoms with Crippen LogP contribution >= 0.6 is 11.6 Å². The zero-order chi connectivity index (χ0) is 26.3. The third-order valence-corrected chi connectivity index (χ3v) is 7.97. The summed E-state index contributed by atoms with van der Waals surface area (Å²) in [6.45, 7) is 4.14. The number of rotatable bonds is 6. The second kappa shape index (κ2) is 9.98. The average molecular weight is 545 g/mol. The number of benzene rings is 3. The molecule has 7 rings (SSSR count). The van der Waals surface area contributed by atoms with Gasteiger partial charge in [-0.2, -0.15) is 4.98 Å². The predicted octanol–water partition coefficient (Wildman–Crippen LogP) is 4.70. The maximum Gasteiger partial charge on any atom is 0.350 e. The number of nitrogens with one attached hydrogen (secondary N) is 3. The Labute approximate surface area is 230 Å². The van der Waals surface area contributed by atoms with Crippen LogP contribution in [-0.4, -0.2) is 47.0 Å². The van der Waals surface area contributed by atoms with Crippen molar-refractivity contribution in [1.29, 1.82) is 0 Å². The summed E-state index contributed by atoms with van der Waals surface area (Å²) in [4.78, 5) is 20.3. The van der Waals surface area contributed by atoms with Gasteiger partial charge < -0.3 is 25.4 Å². The minimum absolute atomic E-state index is 0.218. The summed E-state index contributed by atoms with van der Waals surface area (Å²) in [6, 6.07) is 18.1. The van der Waals surface area contributed by atoms with Crippen LogP contribution in [0.5, 0.6) is 11.5 Å². The third-order valence-electron chi connectivity index (χ3n) is 7.74. The molecule has 3 aliphatic heterocycles. The molecule has 0 unspecified atom stereocenters. The van der Waals surface area contributed by atoms with E-state index in [4.69, 9.17) is 21.1 Å². The van der Waals surface area contributed by atoms with E-state index < -0.39 is 0 Å². The topological polar surface area (TPSA) is 92.7 Å². The highest BCUT2D eigenvalue weighted by Crippen LogP contribution is 2.34. The van der Waals surface area contributed by atoms with Gasteiger partial charge in [-0.3, -0.25) is 9.47 Å². The molecule has 4 heterocycles. The fourth-order valence-electron chi connectivity index (χ4n) is 5.73. The Balaban J connectivity index is 1.09. The molecular formula is C29H29ClN6O3. The maximum absolute atomic E-state index is 13.3. The molecule has 0 aliphatic carbocycles. The van der Waals surface area contributed by atoms with E-state index in [0.717, 1.165) is 71.8 Å². The van der Waals surface area contributed by atoms with Crippen molar-refractivity contribution in [3.8, 4) is 11.5 Å². The molecule has 9 nitrogen and oxygen atoms in total. The highest BCUT2D eigenvalue weighted by Gasteiger charge is 2.23. The molecule has 3 N–H and O–H groups in total. The van der Waals surface area contributed by atoms with Crippen molar-refractivity contribution in [2.75, 3.05) is 42.5 Å².